The summed E-state index contributed by atoms with van der Waals surface area (Å²) in [5, 5.41) is 23.6. The predicted octanol–water partition coefficient (Wildman–Crippen LogP) is 2.08. The number of likely N-dealkylation sites (N-methyl/N-ethyl adjacent to an activating group) is 1. The number of hydrogen-bond donors (Lipinski definition) is 3. The van der Waals surface area contributed by atoms with Crippen LogP contribution in [-0.4, -0.2) is 46.3 Å². The van der Waals surface area contributed by atoms with Gasteiger partial charge in [-0.3, -0.25) is 14.4 Å². The normalized spacial score (nSPS) is 12.8. The van der Waals surface area contributed by atoms with E-state index in [1.165, 1.54) is 30.1 Å². The molecule has 2 rings (SSSR count). The molecule has 9 heteroatoms. The molecule has 0 aliphatic rings. The molecule has 174 valence electrons. The number of nitrogens with zero attached hydrogens (tertiary/aromatic N) is 2. The van der Waals surface area contributed by atoms with Crippen LogP contribution in [0.25, 0.3) is 0 Å². The molecule has 2 amide bonds. The second-order valence-electron chi connectivity index (χ2n) is 8.80. The zero-order valence-electron chi connectivity index (χ0n) is 19.1. The first kappa shape index (κ1) is 25.3. The number of benzene rings is 1. The summed E-state index contributed by atoms with van der Waals surface area (Å²) in [5.74, 6) is -2.43. The van der Waals surface area contributed by atoms with Gasteiger partial charge in [0.25, 0.3) is 0 Å². The molecule has 1 heterocycles. The van der Waals surface area contributed by atoms with E-state index in [0.29, 0.717) is 11.1 Å². The fourth-order valence-corrected chi connectivity index (χ4v) is 3.29. The highest BCUT2D eigenvalue weighted by Gasteiger charge is 2.33. The third kappa shape index (κ3) is 6.77. The third-order valence-electron chi connectivity index (χ3n) is 5.19. The molecule has 1 aromatic carbocycles. The van der Waals surface area contributed by atoms with E-state index in [9.17, 15) is 24.3 Å². The van der Waals surface area contributed by atoms with Gasteiger partial charge in [-0.25, -0.2) is 4.79 Å². The Kier molecular flexibility index (Phi) is 8.13. The van der Waals surface area contributed by atoms with E-state index in [1.807, 2.05) is 6.07 Å². The van der Waals surface area contributed by atoms with Gasteiger partial charge in [-0.2, -0.15) is 5.26 Å². The van der Waals surface area contributed by atoms with Gasteiger partial charge in [0.05, 0.1) is 18.1 Å². The van der Waals surface area contributed by atoms with Crippen molar-refractivity contribution in [3.05, 3.63) is 59.4 Å². The van der Waals surface area contributed by atoms with Gasteiger partial charge in [0, 0.05) is 31.4 Å². The van der Waals surface area contributed by atoms with Gasteiger partial charge < -0.3 is 20.3 Å². The summed E-state index contributed by atoms with van der Waals surface area (Å²) in [7, 11) is 1.46. The van der Waals surface area contributed by atoms with Crippen LogP contribution >= 0.6 is 0 Å². The largest absolute Gasteiger partial charge is 0.480 e. The summed E-state index contributed by atoms with van der Waals surface area (Å²) < 4.78 is 1.31. The second-order valence-corrected chi connectivity index (χ2v) is 8.80. The lowest BCUT2D eigenvalue weighted by Crippen LogP contribution is -2.53. The number of carboxylic acids is 1. The quantitative estimate of drug-likeness (QED) is 0.498. The molecule has 33 heavy (non-hydrogen) atoms. The van der Waals surface area contributed by atoms with E-state index in [2.05, 4.69) is 10.6 Å². The van der Waals surface area contributed by atoms with Crippen LogP contribution in [0.1, 0.15) is 54.7 Å². The minimum absolute atomic E-state index is 0.0906. The molecule has 0 bridgehead atoms. The Bertz CT molecular complexity index is 1070. The summed E-state index contributed by atoms with van der Waals surface area (Å²) in [4.78, 5) is 49.2. The highest BCUT2D eigenvalue weighted by molar-refractivity contribution is 5.97. The number of hydrogen-bond acceptors (Lipinski definition) is 5. The van der Waals surface area contributed by atoms with Crippen LogP contribution in [0.2, 0.25) is 0 Å². The summed E-state index contributed by atoms with van der Waals surface area (Å²) in [6.45, 7) is 5.37. The molecule has 2 atom stereocenters. The van der Waals surface area contributed by atoms with Crippen molar-refractivity contribution in [1.82, 2.24) is 15.2 Å². The Balaban J connectivity index is 2.12. The number of ketones is 1. The van der Waals surface area contributed by atoms with Crippen molar-refractivity contribution in [1.29, 1.82) is 5.26 Å². The van der Waals surface area contributed by atoms with E-state index in [0.717, 1.165) is 5.56 Å². The number of aliphatic carboxylic acids is 1. The predicted molar refractivity (Wildman–Crippen MR) is 120 cm³/mol. The van der Waals surface area contributed by atoms with Crippen LogP contribution in [-0.2, 0) is 20.8 Å². The Morgan fingerprint density at radius 3 is 2.27 bits per heavy atom. The second kappa shape index (κ2) is 10.6. The van der Waals surface area contributed by atoms with Crippen LogP contribution in [0.3, 0.4) is 0 Å². The summed E-state index contributed by atoms with van der Waals surface area (Å²) in [6, 6.07) is 8.06. The van der Waals surface area contributed by atoms with Crippen molar-refractivity contribution in [3.8, 4) is 6.07 Å². The molecule has 0 saturated heterocycles. The number of nitriles is 1. The smallest absolute Gasteiger partial charge is 0.327 e. The maximum atomic E-state index is 12.6. The number of carboxylic acid groups (broad SMARTS) is 1. The van der Waals surface area contributed by atoms with E-state index in [1.54, 1.807) is 45.0 Å². The average molecular weight is 453 g/mol. The number of carbonyl (C=O) groups is 4. The van der Waals surface area contributed by atoms with Crippen LogP contribution in [0.4, 0.5) is 0 Å². The summed E-state index contributed by atoms with van der Waals surface area (Å²) in [6.07, 6.45) is 2.53. The van der Waals surface area contributed by atoms with E-state index in [-0.39, 0.29) is 18.1 Å². The lowest BCUT2D eigenvalue weighted by Gasteiger charge is -2.30. The van der Waals surface area contributed by atoms with E-state index >= 15 is 0 Å². The molecule has 0 radical (unpaired) electrons. The zero-order chi connectivity index (χ0) is 24.8. The Labute approximate surface area is 192 Å². The first-order chi connectivity index (χ1) is 15.5. The molecule has 3 N–H and O–H groups in total. The average Bonchev–Trinajstić information content (AvgIpc) is 3.25. The molecule has 2 aromatic rings. The summed E-state index contributed by atoms with van der Waals surface area (Å²) >= 11 is 0. The molecule has 0 fully saturated rings. The Hall–Kier alpha value is -3.93. The molecule has 0 aliphatic carbocycles. The number of aromatic nitrogens is 1. The first-order valence-corrected chi connectivity index (χ1v) is 10.4. The van der Waals surface area contributed by atoms with Crippen LogP contribution in [0.15, 0.2) is 42.7 Å². The van der Waals surface area contributed by atoms with Crippen molar-refractivity contribution >= 4 is 23.6 Å². The molecule has 0 unspecified atom stereocenters. The number of carbonyl (C=O) groups excluding carboxylic acids is 3. The van der Waals surface area contributed by atoms with Crippen LogP contribution in [0.5, 0.6) is 0 Å². The van der Waals surface area contributed by atoms with Crippen LogP contribution in [0, 0.1) is 16.7 Å². The van der Waals surface area contributed by atoms with Crippen molar-refractivity contribution in [2.75, 3.05) is 7.05 Å². The van der Waals surface area contributed by atoms with Crippen molar-refractivity contribution in [3.63, 3.8) is 0 Å². The molecule has 0 saturated carbocycles. The molecule has 0 spiro atoms. The number of rotatable bonds is 9. The molecule has 1 aromatic heterocycles. The monoisotopic (exact) mass is 452 g/mol. The molecular weight excluding hydrogens is 424 g/mol. The van der Waals surface area contributed by atoms with Crippen LogP contribution < -0.4 is 10.6 Å². The highest BCUT2D eigenvalue weighted by atomic mass is 16.4. The first-order valence-electron chi connectivity index (χ1n) is 10.4. The highest BCUT2D eigenvalue weighted by Crippen LogP contribution is 2.21. The number of nitrogens with one attached hydrogen (secondary N) is 2. The lowest BCUT2D eigenvalue weighted by molar-refractivity contribution is -0.143. The number of Topliss-reactive ketones (excluding diaryl/α,β-unsaturated/α-hetero) is 1. The number of amides is 2. The summed E-state index contributed by atoms with van der Waals surface area (Å²) in [5.41, 5.74) is 0.949. The van der Waals surface area contributed by atoms with Crippen molar-refractivity contribution < 1.29 is 24.3 Å². The molecule has 9 nitrogen and oxygen atoms in total. The zero-order valence-corrected chi connectivity index (χ0v) is 19.1. The minimum atomic E-state index is -1.24. The maximum absolute atomic E-state index is 12.6. The topological polar surface area (TPSA) is 141 Å². The fraction of sp³-hybridized carbons (Fsp3) is 0.375. The van der Waals surface area contributed by atoms with Gasteiger partial charge >= 0.3 is 5.97 Å². The van der Waals surface area contributed by atoms with Gasteiger partial charge in [-0.15, -0.1) is 0 Å². The maximum Gasteiger partial charge on any atom is 0.327 e. The Morgan fingerprint density at radius 1 is 1.12 bits per heavy atom. The standard InChI is InChI=1S/C24H28N4O5/c1-24(2,3)21(22(31)26-4)27-20(30)12-18(23(32)33)28-10-9-17(14-28)19(29)11-15-5-7-16(13-25)8-6-15/h5-10,14,18,21H,11-12H2,1-4H3,(H,26,31)(H,27,30)(H,32,33)/t18-,21-/m1/s1. The van der Waals surface area contributed by atoms with Gasteiger partial charge in [0.15, 0.2) is 5.78 Å². The van der Waals surface area contributed by atoms with E-state index in [4.69, 9.17) is 5.26 Å². The van der Waals surface area contributed by atoms with Gasteiger partial charge in [-0.1, -0.05) is 32.9 Å². The van der Waals surface area contributed by atoms with E-state index < -0.39 is 35.8 Å². The van der Waals surface area contributed by atoms with Crippen molar-refractivity contribution in [2.24, 2.45) is 5.41 Å². The third-order valence-corrected chi connectivity index (χ3v) is 5.19. The van der Waals surface area contributed by atoms with Gasteiger partial charge in [0.2, 0.25) is 11.8 Å². The SMILES string of the molecule is CNC(=O)[C@@H](NC(=O)C[C@H](C(=O)O)n1ccc(C(=O)Cc2ccc(C#N)cc2)c1)C(C)(C)C. The molecular formula is C24H28N4O5. The minimum Gasteiger partial charge on any atom is -0.480 e. The fourth-order valence-electron chi connectivity index (χ4n) is 3.29. The van der Waals surface area contributed by atoms with Gasteiger partial charge in [-0.05, 0) is 29.2 Å². The molecule has 0 aliphatic heterocycles. The van der Waals surface area contributed by atoms with Crippen molar-refractivity contribution in [2.45, 2.75) is 45.7 Å². The van der Waals surface area contributed by atoms with Gasteiger partial charge in [0.1, 0.15) is 12.1 Å². The Morgan fingerprint density at radius 2 is 1.76 bits per heavy atom. The lowest BCUT2D eigenvalue weighted by atomic mass is 9.86.